The van der Waals surface area contributed by atoms with E-state index >= 15 is 0 Å². The van der Waals surface area contributed by atoms with Gasteiger partial charge in [0, 0.05) is 33.2 Å². The lowest BCUT2D eigenvalue weighted by Gasteiger charge is -2.36. The van der Waals surface area contributed by atoms with Gasteiger partial charge < -0.3 is 9.80 Å². The molecule has 3 rings (SSSR count). The molecule has 0 atom stereocenters. The number of amides is 2. The van der Waals surface area contributed by atoms with Crippen LogP contribution in [0.1, 0.15) is 30.9 Å². The molecule has 9 heteroatoms. The first-order valence-electron chi connectivity index (χ1n) is 10.6. The highest BCUT2D eigenvalue weighted by Crippen LogP contribution is 2.36. The Morgan fingerprint density at radius 1 is 1.18 bits per heavy atom. The summed E-state index contributed by atoms with van der Waals surface area (Å²) in [6.45, 7) is 9.87. The Morgan fingerprint density at radius 3 is 2.39 bits per heavy atom. The molecule has 0 N–H and O–H groups in total. The van der Waals surface area contributed by atoms with Crippen LogP contribution < -0.4 is 4.90 Å². The number of pyridine rings is 1. The molecule has 0 radical (unpaired) electrons. The van der Waals surface area contributed by atoms with Crippen LogP contribution in [-0.4, -0.2) is 66.2 Å². The quantitative estimate of drug-likeness (QED) is 0.197. The van der Waals surface area contributed by atoms with Crippen LogP contribution in [0.3, 0.4) is 0 Å². The van der Waals surface area contributed by atoms with Crippen LogP contribution in [0.2, 0.25) is 10.2 Å². The summed E-state index contributed by atoms with van der Waals surface area (Å²) >= 11 is 12.6. The summed E-state index contributed by atoms with van der Waals surface area (Å²) in [5.41, 5.74) is 2.29. The number of para-hydroxylation sites is 1. The van der Waals surface area contributed by atoms with E-state index in [1.54, 1.807) is 18.0 Å². The molecule has 1 aliphatic rings. The number of hydrogen-bond acceptors (Lipinski definition) is 4. The normalized spacial score (nSPS) is 14.4. The Balaban J connectivity index is 2.07. The van der Waals surface area contributed by atoms with E-state index in [2.05, 4.69) is 35.3 Å². The second-order valence-electron chi connectivity index (χ2n) is 7.88. The van der Waals surface area contributed by atoms with Crippen LogP contribution in [0.15, 0.2) is 48.0 Å². The van der Waals surface area contributed by atoms with Crippen molar-refractivity contribution in [3.8, 4) is 0 Å². The number of nitrogens with zero attached hydrogens (tertiary/aromatic N) is 5. The molecule has 2 amide bonds. The number of piperazine rings is 1. The van der Waals surface area contributed by atoms with Gasteiger partial charge in [0.05, 0.1) is 16.3 Å². The number of aliphatic imine (C=N–C) groups is 1. The molecule has 0 spiro atoms. The lowest BCUT2D eigenvalue weighted by molar-refractivity contribution is -0.127. The number of rotatable bonds is 6. The van der Waals surface area contributed by atoms with E-state index in [4.69, 9.17) is 23.2 Å². The van der Waals surface area contributed by atoms with Crippen molar-refractivity contribution < 1.29 is 9.59 Å². The van der Waals surface area contributed by atoms with E-state index in [0.29, 0.717) is 49.1 Å². The smallest absolute Gasteiger partial charge is 0.246 e. The maximum absolute atomic E-state index is 12.4. The number of carbonyl (C=O) groups is 2. The van der Waals surface area contributed by atoms with Crippen molar-refractivity contribution in [3.63, 3.8) is 0 Å². The number of anilines is 2. The van der Waals surface area contributed by atoms with Gasteiger partial charge in [0.2, 0.25) is 12.3 Å². The van der Waals surface area contributed by atoms with Gasteiger partial charge in [-0.25, -0.2) is 4.98 Å². The Labute approximate surface area is 204 Å². The average Bonchev–Trinajstić information content (AvgIpc) is 2.83. The fourth-order valence-electron chi connectivity index (χ4n) is 3.92. The molecule has 0 bridgehead atoms. The summed E-state index contributed by atoms with van der Waals surface area (Å²) in [4.78, 5) is 38.6. The molecule has 0 unspecified atom stereocenters. The highest BCUT2D eigenvalue weighted by atomic mass is 35.5. The standard InChI is InChI=1S/C24H27Cl2N5O2/c1-5-21(33)29-10-12-30(13-11-29)23(27-4)18-14-19(25)22(26)28-24(18)31(15-32)20-9-7-6-8-17(20)16(2)3/h5-9,14-16H,1,10-13H2,2-4H3/b27-23+. The Kier molecular flexibility index (Phi) is 8.10. The molecule has 0 saturated carbocycles. The third-order valence-corrected chi connectivity index (χ3v) is 6.26. The van der Waals surface area contributed by atoms with Gasteiger partial charge in [0.25, 0.3) is 0 Å². The van der Waals surface area contributed by atoms with Gasteiger partial charge >= 0.3 is 0 Å². The summed E-state index contributed by atoms with van der Waals surface area (Å²) < 4.78 is 0. The third kappa shape index (κ3) is 5.20. The lowest BCUT2D eigenvalue weighted by atomic mass is 10.0. The van der Waals surface area contributed by atoms with Crippen molar-refractivity contribution in [2.24, 2.45) is 4.99 Å². The maximum Gasteiger partial charge on any atom is 0.246 e. The van der Waals surface area contributed by atoms with Gasteiger partial charge in [-0.15, -0.1) is 0 Å². The summed E-state index contributed by atoms with van der Waals surface area (Å²) in [5, 5.41) is 0.362. The molecule has 174 valence electrons. The summed E-state index contributed by atoms with van der Waals surface area (Å²) in [6.07, 6.45) is 2.05. The zero-order chi connectivity index (χ0) is 24.1. The fraction of sp³-hybridized carbons (Fsp3) is 0.333. The van der Waals surface area contributed by atoms with Crippen molar-refractivity contribution in [1.82, 2.24) is 14.8 Å². The summed E-state index contributed by atoms with van der Waals surface area (Å²) in [7, 11) is 1.68. The van der Waals surface area contributed by atoms with E-state index in [9.17, 15) is 9.59 Å². The molecular weight excluding hydrogens is 461 g/mol. The Morgan fingerprint density at radius 2 is 1.82 bits per heavy atom. The van der Waals surface area contributed by atoms with Crippen LogP contribution >= 0.6 is 23.2 Å². The third-order valence-electron chi connectivity index (χ3n) is 5.58. The minimum Gasteiger partial charge on any atom is -0.353 e. The molecule has 1 fully saturated rings. The van der Waals surface area contributed by atoms with Crippen molar-refractivity contribution in [2.45, 2.75) is 19.8 Å². The maximum atomic E-state index is 12.4. The van der Waals surface area contributed by atoms with E-state index in [1.807, 2.05) is 24.3 Å². The van der Waals surface area contributed by atoms with Gasteiger partial charge in [-0.2, -0.15) is 0 Å². The monoisotopic (exact) mass is 487 g/mol. The van der Waals surface area contributed by atoms with E-state index in [1.165, 1.54) is 11.0 Å². The van der Waals surface area contributed by atoms with Crippen LogP contribution in [0.5, 0.6) is 0 Å². The number of carbonyl (C=O) groups excluding carboxylic acids is 2. The Hall–Kier alpha value is -2.90. The number of hydrogen-bond donors (Lipinski definition) is 0. The van der Waals surface area contributed by atoms with E-state index in [-0.39, 0.29) is 22.0 Å². The lowest BCUT2D eigenvalue weighted by Crippen LogP contribution is -2.50. The highest BCUT2D eigenvalue weighted by Gasteiger charge is 2.28. The fourth-order valence-corrected chi connectivity index (χ4v) is 4.21. The number of amidine groups is 1. The minimum atomic E-state index is -0.0982. The second-order valence-corrected chi connectivity index (χ2v) is 8.65. The number of aromatic nitrogens is 1. The first-order chi connectivity index (χ1) is 15.8. The van der Waals surface area contributed by atoms with Crippen molar-refractivity contribution >= 4 is 52.9 Å². The molecule has 0 aliphatic carbocycles. The topological polar surface area (TPSA) is 69.1 Å². The van der Waals surface area contributed by atoms with Gasteiger partial charge in [-0.1, -0.05) is 61.8 Å². The van der Waals surface area contributed by atoms with E-state index in [0.717, 1.165) is 12.0 Å². The van der Waals surface area contributed by atoms with Crippen LogP contribution in [0.25, 0.3) is 0 Å². The molecular formula is C24H27Cl2N5O2. The molecule has 33 heavy (non-hydrogen) atoms. The molecule has 1 aromatic heterocycles. The summed E-state index contributed by atoms with van der Waals surface area (Å²) in [6, 6.07) is 9.36. The number of halogens is 2. The van der Waals surface area contributed by atoms with Gasteiger partial charge in [-0.3, -0.25) is 19.5 Å². The zero-order valence-corrected chi connectivity index (χ0v) is 20.5. The zero-order valence-electron chi connectivity index (χ0n) is 19.0. The van der Waals surface area contributed by atoms with Crippen molar-refractivity contribution in [1.29, 1.82) is 0 Å². The molecule has 1 aliphatic heterocycles. The molecule has 1 aromatic carbocycles. The molecule has 1 saturated heterocycles. The van der Waals surface area contributed by atoms with Gasteiger partial charge in [0.15, 0.2) is 5.82 Å². The average molecular weight is 488 g/mol. The predicted molar refractivity (Wildman–Crippen MR) is 134 cm³/mol. The second kappa shape index (κ2) is 10.8. The molecule has 2 heterocycles. The van der Waals surface area contributed by atoms with E-state index < -0.39 is 0 Å². The minimum absolute atomic E-state index is 0.0982. The van der Waals surface area contributed by atoms with Crippen LogP contribution in [-0.2, 0) is 9.59 Å². The first kappa shape index (κ1) is 24.7. The van der Waals surface area contributed by atoms with Crippen molar-refractivity contribution in [3.05, 3.63) is 64.3 Å². The summed E-state index contributed by atoms with van der Waals surface area (Å²) in [5.74, 6) is 1.05. The first-order valence-corrected chi connectivity index (χ1v) is 11.4. The van der Waals surface area contributed by atoms with Crippen molar-refractivity contribution in [2.75, 3.05) is 38.1 Å². The van der Waals surface area contributed by atoms with Gasteiger partial charge in [0.1, 0.15) is 11.0 Å². The van der Waals surface area contributed by atoms with Crippen LogP contribution in [0, 0.1) is 0 Å². The molecule has 7 nitrogen and oxygen atoms in total. The SMILES string of the molecule is C=CC(=O)N1CCN(/C(=N/C)c2cc(Cl)c(Cl)nc2N(C=O)c2ccccc2C(C)C)CC1. The van der Waals surface area contributed by atoms with Crippen LogP contribution in [0.4, 0.5) is 11.5 Å². The predicted octanol–water partition coefficient (Wildman–Crippen LogP) is 4.51. The largest absolute Gasteiger partial charge is 0.353 e. The Bertz CT molecular complexity index is 1080. The highest BCUT2D eigenvalue weighted by molar-refractivity contribution is 6.41. The molecule has 2 aromatic rings. The van der Waals surface area contributed by atoms with Gasteiger partial charge in [-0.05, 0) is 29.7 Å². The number of benzene rings is 1.